The number of rotatable bonds is 8. The van der Waals surface area contributed by atoms with Gasteiger partial charge in [-0.3, -0.25) is 0 Å². The van der Waals surface area contributed by atoms with E-state index in [1.165, 1.54) is 24.8 Å². The van der Waals surface area contributed by atoms with Gasteiger partial charge in [0.2, 0.25) is 5.95 Å². The number of aromatic nitrogens is 3. The van der Waals surface area contributed by atoms with E-state index >= 15 is 0 Å². The standard InChI is InChI=1S/C28H34N6O2S/c1-4-32(5-2)24-15-17-33(18-16-24)23-11-9-22(10-12-23)30-28-29-20-25-13-14-27(34(25)31-28)21-7-6-8-26(19-21)37(3,35)36/h6-14,19-20,24H,4-5,15-18H2,1-3H3,(H,30,31). The average Bonchev–Trinajstić information content (AvgIpc) is 3.33. The molecule has 0 amide bonds. The predicted molar refractivity (Wildman–Crippen MR) is 149 cm³/mol. The molecule has 0 aliphatic carbocycles. The third kappa shape index (κ3) is 5.47. The summed E-state index contributed by atoms with van der Waals surface area (Å²) >= 11 is 0. The maximum Gasteiger partial charge on any atom is 0.245 e. The molecule has 8 nitrogen and oxygen atoms in total. The van der Waals surface area contributed by atoms with Crippen molar-refractivity contribution in [3.05, 3.63) is 66.9 Å². The molecule has 0 unspecified atom stereocenters. The average molecular weight is 519 g/mol. The molecule has 2 aromatic carbocycles. The fourth-order valence-electron chi connectivity index (χ4n) is 5.18. The molecule has 9 heteroatoms. The van der Waals surface area contributed by atoms with Crippen molar-refractivity contribution in [1.29, 1.82) is 0 Å². The van der Waals surface area contributed by atoms with Crippen LogP contribution in [0.5, 0.6) is 0 Å². The number of benzene rings is 2. The van der Waals surface area contributed by atoms with E-state index in [2.05, 4.69) is 63.3 Å². The molecule has 2 aromatic heterocycles. The molecule has 0 saturated carbocycles. The van der Waals surface area contributed by atoms with Crippen LogP contribution in [-0.4, -0.2) is 66.4 Å². The van der Waals surface area contributed by atoms with Gasteiger partial charge in [-0.15, -0.1) is 5.10 Å². The van der Waals surface area contributed by atoms with Gasteiger partial charge in [-0.25, -0.2) is 17.9 Å². The number of fused-ring (bicyclic) bond motifs is 1. The van der Waals surface area contributed by atoms with Crippen LogP contribution in [0.25, 0.3) is 16.8 Å². The number of nitrogens with one attached hydrogen (secondary N) is 1. The predicted octanol–water partition coefficient (Wildman–Crippen LogP) is 4.85. The summed E-state index contributed by atoms with van der Waals surface area (Å²) in [6.07, 6.45) is 5.36. The van der Waals surface area contributed by atoms with Crippen molar-refractivity contribution < 1.29 is 8.42 Å². The van der Waals surface area contributed by atoms with Gasteiger partial charge in [-0.05, 0) is 74.5 Å². The van der Waals surface area contributed by atoms with Crippen LogP contribution in [0.2, 0.25) is 0 Å². The van der Waals surface area contributed by atoms with Gasteiger partial charge >= 0.3 is 0 Å². The van der Waals surface area contributed by atoms with Gasteiger partial charge < -0.3 is 15.1 Å². The minimum atomic E-state index is -3.30. The maximum atomic E-state index is 12.0. The molecule has 0 radical (unpaired) electrons. The van der Waals surface area contributed by atoms with Gasteiger partial charge in [0, 0.05) is 42.3 Å². The van der Waals surface area contributed by atoms with Gasteiger partial charge in [0.05, 0.1) is 22.3 Å². The van der Waals surface area contributed by atoms with Crippen LogP contribution < -0.4 is 10.2 Å². The Balaban J connectivity index is 1.30. The van der Waals surface area contributed by atoms with Gasteiger partial charge in [0.15, 0.2) is 9.84 Å². The summed E-state index contributed by atoms with van der Waals surface area (Å²) < 4.78 is 25.8. The number of hydrogen-bond donors (Lipinski definition) is 1. The van der Waals surface area contributed by atoms with E-state index in [1.807, 2.05) is 18.2 Å². The van der Waals surface area contributed by atoms with Gasteiger partial charge in [0.25, 0.3) is 0 Å². The molecule has 1 N–H and O–H groups in total. The number of anilines is 3. The normalized spacial score (nSPS) is 15.0. The van der Waals surface area contributed by atoms with Crippen molar-refractivity contribution in [2.75, 3.05) is 42.7 Å². The second-order valence-corrected chi connectivity index (χ2v) is 11.6. The Kier molecular flexibility index (Phi) is 7.17. The second kappa shape index (κ2) is 10.5. The summed E-state index contributed by atoms with van der Waals surface area (Å²) in [7, 11) is -3.30. The quantitative estimate of drug-likeness (QED) is 0.357. The molecule has 37 heavy (non-hydrogen) atoms. The smallest absolute Gasteiger partial charge is 0.245 e. The van der Waals surface area contributed by atoms with E-state index in [9.17, 15) is 8.42 Å². The summed E-state index contributed by atoms with van der Waals surface area (Å²) in [5.74, 6) is 0.469. The van der Waals surface area contributed by atoms with E-state index in [1.54, 1.807) is 28.9 Å². The minimum absolute atomic E-state index is 0.282. The maximum absolute atomic E-state index is 12.0. The van der Waals surface area contributed by atoms with Crippen LogP contribution in [-0.2, 0) is 9.84 Å². The minimum Gasteiger partial charge on any atom is -0.371 e. The Morgan fingerprint density at radius 2 is 1.73 bits per heavy atom. The van der Waals surface area contributed by atoms with Crippen LogP contribution in [0.4, 0.5) is 17.3 Å². The molecule has 194 valence electrons. The van der Waals surface area contributed by atoms with Crippen molar-refractivity contribution in [2.24, 2.45) is 0 Å². The molecule has 1 aliphatic heterocycles. The molecule has 0 spiro atoms. The molecule has 4 aromatic rings. The largest absolute Gasteiger partial charge is 0.371 e. The van der Waals surface area contributed by atoms with Gasteiger partial charge in [-0.2, -0.15) is 0 Å². The highest BCUT2D eigenvalue weighted by Gasteiger charge is 2.23. The topological polar surface area (TPSA) is 82.8 Å². The fraction of sp³-hybridized carbons (Fsp3) is 0.357. The highest BCUT2D eigenvalue weighted by Crippen LogP contribution is 2.27. The molecular weight excluding hydrogens is 484 g/mol. The van der Waals surface area contributed by atoms with Crippen molar-refractivity contribution in [1.82, 2.24) is 19.5 Å². The van der Waals surface area contributed by atoms with Crippen molar-refractivity contribution in [3.63, 3.8) is 0 Å². The Bertz CT molecular complexity index is 1470. The highest BCUT2D eigenvalue weighted by atomic mass is 32.2. The highest BCUT2D eigenvalue weighted by molar-refractivity contribution is 7.90. The number of piperidine rings is 1. The molecule has 0 atom stereocenters. The first-order chi connectivity index (χ1) is 17.9. The third-order valence-corrected chi connectivity index (χ3v) is 8.35. The van der Waals surface area contributed by atoms with Crippen molar-refractivity contribution in [3.8, 4) is 11.3 Å². The first kappa shape index (κ1) is 25.2. The van der Waals surface area contributed by atoms with Crippen LogP contribution in [0.1, 0.15) is 26.7 Å². The number of nitrogens with zero attached hydrogens (tertiary/aromatic N) is 5. The van der Waals surface area contributed by atoms with E-state index in [4.69, 9.17) is 0 Å². The van der Waals surface area contributed by atoms with E-state index < -0.39 is 9.84 Å². The molecule has 5 rings (SSSR count). The molecule has 1 saturated heterocycles. The molecule has 3 heterocycles. The summed E-state index contributed by atoms with van der Waals surface area (Å²) in [5.41, 5.74) is 4.55. The monoisotopic (exact) mass is 518 g/mol. The summed E-state index contributed by atoms with van der Waals surface area (Å²) in [6, 6.07) is 19.9. The van der Waals surface area contributed by atoms with Crippen LogP contribution in [0.15, 0.2) is 71.8 Å². The SMILES string of the molecule is CCN(CC)C1CCN(c2ccc(Nc3ncc4ccc(-c5cccc(S(C)(=O)=O)c5)n4n3)cc2)CC1. The Morgan fingerprint density at radius 1 is 1.00 bits per heavy atom. The van der Waals surface area contributed by atoms with Crippen molar-refractivity contribution in [2.45, 2.75) is 37.6 Å². The Labute approximate surface area is 218 Å². The lowest BCUT2D eigenvalue weighted by Gasteiger charge is -2.38. The lowest BCUT2D eigenvalue weighted by Crippen LogP contribution is -2.44. The Morgan fingerprint density at radius 3 is 2.41 bits per heavy atom. The van der Waals surface area contributed by atoms with Crippen molar-refractivity contribution >= 4 is 32.7 Å². The molecule has 0 bridgehead atoms. The third-order valence-electron chi connectivity index (χ3n) is 7.24. The van der Waals surface area contributed by atoms with Gasteiger partial charge in [0.1, 0.15) is 0 Å². The van der Waals surface area contributed by atoms with E-state index in [0.717, 1.165) is 48.6 Å². The first-order valence-corrected chi connectivity index (χ1v) is 14.8. The zero-order chi connectivity index (χ0) is 26.0. The van der Waals surface area contributed by atoms with Crippen LogP contribution in [0, 0.1) is 0 Å². The van der Waals surface area contributed by atoms with Crippen LogP contribution >= 0.6 is 0 Å². The zero-order valence-corrected chi connectivity index (χ0v) is 22.4. The number of sulfone groups is 1. The molecule has 1 fully saturated rings. The first-order valence-electron chi connectivity index (χ1n) is 12.9. The van der Waals surface area contributed by atoms with Gasteiger partial charge in [-0.1, -0.05) is 26.0 Å². The van der Waals surface area contributed by atoms with E-state index in [0.29, 0.717) is 12.0 Å². The zero-order valence-electron chi connectivity index (χ0n) is 21.6. The summed E-state index contributed by atoms with van der Waals surface area (Å²) in [6.45, 7) is 8.88. The summed E-state index contributed by atoms with van der Waals surface area (Å²) in [4.78, 5) is 9.78. The molecule has 1 aliphatic rings. The lowest BCUT2D eigenvalue weighted by atomic mass is 10.0. The Hall–Kier alpha value is -3.43. The summed E-state index contributed by atoms with van der Waals surface area (Å²) in [5, 5.41) is 7.99. The lowest BCUT2D eigenvalue weighted by molar-refractivity contribution is 0.186. The second-order valence-electron chi connectivity index (χ2n) is 9.55. The van der Waals surface area contributed by atoms with Crippen LogP contribution in [0.3, 0.4) is 0 Å². The van der Waals surface area contributed by atoms with E-state index in [-0.39, 0.29) is 4.90 Å². The fourth-order valence-corrected chi connectivity index (χ4v) is 5.84. The number of hydrogen-bond acceptors (Lipinski definition) is 7. The molecular formula is C28H34N6O2S.